The van der Waals surface area contributed by atoms with Crippen molar-refractivity contribution in [3.63, 3.8) is 0 Å². The minimum Gasteiger partial charge on any atom is -0.477 e. The van der Waals surface area contributed by atoms with Crippen LogP contribution in [0.1, 0.15) is 21.5 Å². The number of aliphatic carboxylic acids is 1. The van der Waals surface area contributed by atoms with Crippen LogP contribution in [0, 0.1) is 11.3 Å². The zero-order valence-corrected chi connectivity index (χ0v) is 17.1. The maximum atomic E-state index is 12.2. The minimum absolute atomic E-state index is 0.243. The van der Waals surface area contributed by atoms with E-state index in [1.807, 2.05) is 6.07 Å². The van der Waals surface area contributed by atoms with Gasteiger partial charge < -0.3 is 15.2 Å². The van der Waals surface area contributed by atoms with E-state index in [2.05, 4.69) is 21.2 Å². The van der Waals surface area contributed by atoms with Gasteiger partial charge in [-0.1, -0.05) is 30.3 Å². The summed E-state index contributed by atoms with van der Waals surface area (Å²) in [7, 11) is 0. The van der Waals surface area contributed by atoms with E-state index in [0.717, 1.165) is 0 Å². The van der Waals surface area contributed by atoms with E-state index in [0.29, 0.717) is 32.7 Å². The Bertz CT molecular complexity index is 1150. The van der Waals surface area contributed by atoms with E-state index in [1.54, 1.807) is 72.8 Å². The number of hydrogen-bond donors (Lipinski definition) is 2. The van der Waals surface area contributed by atoms with Crippen LogP contribution >= 0.6 is 15.9 Å². The molecule has 6 nitrogen and oxygen atoms in total. The number of rotatable bonds is 6. The molecule has 2 N–H and O–H groups in total. The lowest BCUT2D eigenvalue weighted by molar-refractivity contribution is -0.132. The van der Waals surface area contributed by atoms with Crippen molar-refractivity contribution in [3.8, 4) is 17.6 Å². The molecule has 0 aromatic heterocycles. The molecule has 3 aromatic carbocycles. The van der Waals surface area contributed by atoms with Crippen molar-refractivity contribution in [3.05, 3.63) is 99.7 Å². The molecule has 0 aliphatic heterocycles. The van der Waals surface area contributed by atoms with Crippen LogP contribution in [0.25, 0.3) is 6.08 Å². The normalized spacial score (nSPS) is 10.7. The molecule has 0 radical (unpaired) electrons. The van der Waals surface area contributed by atoms with Crippen LogP contribution in [0.4, 0.5) is 0 Å². The number of carbonyl (C=O) groups is 2. The largest absolute Gasteiger partial charge is 0.477 e. The van der Waals surface area contributed by atoms with Crippen LogP contribution in [0.3, 0.4) is 0 Å². The second kappa shape index (κ2) is 9.54. The second-order valence-corrected chi connectivity index (χ2v) is 6.97. The Labute approximate surface area is 181 Å². The average Bonchev–Trinajstić information content (AvgIpc) is 2.76. The van der Waals surface area contributed by atoms with Crippen molar-refractivity contribution in [1.29, 1.82) is 5.26 Å². The van der Waals surface area contributed by atoms with E-state index < -0.39 is 11.9 Å². The van der Waals surface area contributed by atoms with E-state index in [9.17, 15) is 14.7 Å². The van der Waals surface area contributed by atoms with E-state index >= 15 is 0 Å². The summed E-state index contributed by atoms with van der Waals surface area (Å²) in [4.78, 5) is 23.8. The molecule has 0 heterocycles. The number of amides is 1. The van der Waals surface area contributed by atoms with Gasteiger partial charge in [-0.2, -0.15) is 5.26 Å². The van der Waals surface area contributed by atoms with Gasteiger partial charge in [0, 0.05) is 5.56 Å². The molecule has 0 fully saturated rings. The molecule has 148 valence electrons. The molecule has 30 heavy (non-hydrogen) atoms. The maximum Gasteiger partial charge on any atom is 0.352 e. The van der Waals surface area contributed by atoms with Crippen molar-refractivity contribution >= 4 is 33.9 Å². The summed E-state index contributed by atoms with van der Waals surface area (Å²) in [5.41, 5.74) is 1.20. The van der Waals surface area contributed by atoms with Crippen molar-refractivity contribution in [2.45, 2.75) is 0 Å². The Morgan fingerprint density at radius 2 is 1.73 bits per heavy atom. The number of hydrogen-bond acceptors (Lipinski definition) is 4. The Kier molecular flexibility index (Phi) is 6.63. The average molecular weight is 463 g/mol. The maximum absolute atomic E-state index is 12.2. The van der Waals surface area contributed by atoms with Crippen LogP contribution < -0.4 is 10.1 Å². The number of carboxylic acids is 1. The van der Waals surface area contributed by atoms with E-state index in [-0.39, 0.29) is 5.70 Å². The highest BCUT2D eigenvalue weighted by atomic mass is 79.9. The molecular formula is C23H15BrN2O4. The summed E-state index contributed by atoms with van der Waals surface area (Å²) >= 11 is 3.36. The van der Waals surface area contributed by atoms with Crippen molar-refractivity contribution in [2.24, 2.45) is 0 Å². The molecule has 3 aromatic rings. The number of nitrogens with one attached hydrogen (secondary N) is 1. The SMILES string of the molecule is N#Cc1ccc(Oc2ccc(/C=C(/NC(=O)c3ccccc3)C(=O)O)cc2)c(Br)c1. The van der Waals surface area contributed by atoms with Gasteiger partial charge in [0.2, 0.25) is 0 Å². The van der Waals surface area contributed by atoms with Gasteiger partial charge in [-0.15, -0.1) is 0 Å². The molecule has 0 saturated heterocycles. The second-order valence-electron chi connectivity index (χ2n) is 6.11. The fraction of sp³-hybridized carbons (Fsp3) is 0. The molecular weight excluding hydrogens is 448 g/mol. The minimum atomic E-state index is -1.25. The van der Waals surface area contributed by atoms with Crippen LogP contribution in [0.5, 0.6) is 11.5 Å². The molecule has 7 heteroatoms. The molecule has 1 amide bonds. The summed E-state index contributed by atoms with van der Waals surface area (Å²) in [5.74, 6) is -0.683. The summed E-state index contributed by atoms with van der Waals surface area (Å²) in [6.45, 7) is 0. The third-order valence-electron chi connectivity index (χ3n) is 3.99. The summed E-state index contributed by atoms with van der Waals surface area (Å²) in [6, 6.07) is 22.1. The highest BCUT2D eigenvalue weighted by Gasteiger charge is 2.13. The predicted octanol–water partition coefficient (Wildman–Crippen LogP) is 4.97. The quantitative estimate of drug-likeness (QED) is 0.503. The van der Waals surface area contributed by atoms with Gasteiger partial charge in [0.1, 0.15) is 17.2 Å². The number of nitrogens with zero attached hydrogens (tertiary/aromatic N) is 1. The summed E-state index contributed by atoms with van der Waals surface area (Å²) in [5, 5.41) is 20.7. The number of nitriles is 1. The Morgan fingerprint density at radius 3 is 2.33 bits per heavy atom. The van der Waals surface area contributed by atoms with Gasteiger partial charge in [0.15, 0.2) is 0 Å². The summed E-state index contributed by atoms with van der Waals surface area (Å²) in [6.07, 6.45) is 1.37. The first-order valence-electron chi connectivity index (χ1n) is 8.75. The lowest BCUT2D eigenvalue weighted by atomic mass is 10.1. The monoisotopic (exact) mass is 462 g/mol. The van der Waals surface area contributed by atoms with Crippen LogP contribution in [-0.4, -0.2) is 17.0 Å². The summed E-state index contributed by atoms with van der Waals surface area (Å²) < 4.78 is 6.42. The van der Waals surface area contributed by atoms with Crippen molar-refractivity contribution < 1.29 is 19.4 Å². The topological polar surface area (TPSA) is 99.4 Å². The number of ether oxygens (including phenoxy) is 1. The standard InChI is InChI=1S/C23H15BrN2O4/c24-19-12-16(14-25)8-11-21(19)30-18-9-6-15(7-10-18)13-20(23(28)29)26-22(27)17-4-2-1-3-5-17/h1-13H,(H,26,27)(H,28,29)/b20-13+. The molecule has 0 saturated carbocycles. The Hall–Kier alpha value is -3.89. The Balaban J connectivity index is 1.75. The lowest BCUT2D eigenvalue weighted by Gasteiger charge is -2.09. The predicted molar refractivity (Wildman–Crippen MR) is 115 cm³/mol. The molecule has 3 rings (SSSR count). The highest BCUT2D eigenvalue weighted by Crippen LogP contribution is 2.30. The zero-order valence-electron chi connectivity index (χ0n) is 15.5. The van der Waals surface area contributed by atoms with Gasteiger partial charge in [-0.05, 0) is 70.0 Å². The molecule has 0 bridgehead atoms. The molecule has 0 spiro atoms. The lowest BCUT2D eigenvalue weighted by Crippen LogP contribution is -2.27. The molecule has 0 aliphatic carbocycles. The smallest absolute Gasteiger partial charge is 0.352 e. The van der Waals surface area contributed by atoms with Crippen molar-refractivity contribution in [1.82, 2.24) is 5.32 Å². The fourth-order valence-corrected chi connectivity index (χ4v) is 2.97. The first-order chi connectivity index (χ1) is 14.5. The van der Waals surface area contributed by atoms with Gasteiger partial charge in [0.25, 0.3) is 5.91 Å². The molecule has 0 atom stereocenters. The highest BCUT2D eigenvalue weighted by molar-refractivity contribution is 9.10. The number of halogens is 1. The van der Waals surface area contributed by atoms with Crippen LogP contribution in [-0.2, 0) is 4.79 Å². The fourth-order valence-electron chi connectivity index (χ4n) is 2.51. The van der Waals surface area contributed by atoms with Gasteiger partial charge in [-0.25, -0.2) is 4.79 Å². The van der Waals surface area contributed by atoms with Crippen LogP contribution in [0.15, 0.2) is 83.0 Å². The van der Waals surface area contributed by atoms with E-state index in [1.165, 1.54) is 6.08 Å². The molecule has 0 unspecified atom stereocenters. The third kappa shape index (κ3) is 5.34. The number of carboxylic acid groups (broad SMARTS) is 1. The van der Waals surface area contributed by atoms with E-state index in [4.69, 9.17) is 10.00 Å². The van der Waals surface area contributed by atoms with Gasteiger partial charge in [-0.3, -0.25) is 4.79 Å². The molecule has 0 aliphatic rings. The van der Waals surface area contributed by atoms with Gasteiger partial charge in [0.05, 0.1) is 16.1 Å². The first-order valence-corrected chi connectivity index (χ1v) is 9.54. The first kappa shape index (κ1) is 20.8. The number of carbonyl (C=O) groups excluding carboxylic acids is 1. The third-order valence-corrected chi connectivity index (χ3v) is 4.61. The Morgan fingerprint density at radius 1 is 1.03 bits per heavy atom. The van der Waals surface area contributed by atoms with Gasteiger partial charge >= 0.3 is 5.97 Å². The van der Waals surface area contributed by atoms with Crippen molar-refractivity contribution in [2.75, 3.05) is 0 Å². The zero-order chi connectivity index (χ0) is 21.5. The number of benzene rings is 3. The van der Waals surface area contributed by atoms with Crippen LogP contribution in [0.2, 0.25) is 0 Å².